The van der Waals surface area contributed by atoms with Gasteiger partial charge in [-0.3, -0.25) is 0 Å². The van der Waals surface area contributed by atoms with Crippen molar-refractivity contribution in [2.24, 2.45) is 10.9 Å². The van der Waals surface area contributed by atoms with Crippen LogP contribution in [0.5, 0.6) is 5.75 Å². The summed E-state index contributed by atoms with van der Waals surface area (Å²) in [5.41, 5.74) is 11.6. The summed E-state index contributed by atoms with van der Waals surface area (Å²) in [5.74, 6) is 0.569. The molecule has 0 atom stereocenters. The Labute approximate surface area is 153 Å². The number of amidine groups is 1. The Hall–Kier alpha value is -3.27. The van der Waals surface area contributed by atoms with E-state index in [1.807, 2.05) is 48.5 Å². The van der Waals surface area contributed by atoms with Gasteiger partial charge >= 0.3 is 0 Å². The van der Waals surface area contributed by atoms with Crippen LogP contribution in [-0.4, -0.2) is 16.1 Å². The van der Waals surface area contributed by atoms with Gasteiger partial charge in [-0.1, -0.05) is 67.5 Å². The summed E-state index contributed by atoms with van der Waals surface area (Å²) < 4.78 is 0. The summed E-state index contributed by atoms with van der Waals surface area (Å²) in [6, 6.07) is 21.1. The van der Waals surface area contributed by atoms with Gasteiger partial charge in [-0.05, 0) is 46.4 Å². The Morgan fingerprint density at radius 3 is 2.15 bits per heavy atom. The average Bonchev–Trinajstić information content (AvgIpc) is 2.67. The molecule has 0 saturated carbocycles. The first-order valence-electron chi connectivity index (χ1n) is 8.52. The molecule has 0 unspecified atom stereocenters. The van der Waals surface area contributed by atoms with Gasteiger partial charge < -0.3 is 16.0 Å². The topological polar surface area (TPSA) is 78.8 Å². The van der Waals surface area contributed by atoms with Crippen LogP contribution in [0, 0.1) is 0 Å². The molecule has 26 heavy (non-hydrogen) atoms. The van der Waals surface area contributed by atoms with Crippen LogP contribution in [0.25, 0.3) is 22.3 Å². The Bertz CT molecular complexity index is 930. The highest BCUT2D eigenvalue weighted by Gasteiger charge is 2.18. The zero-order valence-electron chi connectivity index (χ0n) is 14.8. The van der Waals surface area contributed by atoms with Gasteiger partial charge in [0.2, 0.25) is 0 Å². The number of rotatable bonds is 4. The van der Waals surface area contributed by atoms with Crippen molar-refractivity contribution in [1.29, 1.82) is 0 Å². The zero-order valence-corrected chi connectivity index (χ0v) is 14.8. The zero-order chi connectivity index (χ0) is 18.7. The number of aromatic hydroxyl groups is 1. The van der Waals surface area contributed by atoms with E-state index in [1.165, 1.54) is 0 Å². The van der Waals surface area contributed by atoms with Crippen molar-refractivity contribution in [1.82, 2.24) is 0 Å². The Balaban J connectivity index is 2.39. The SMILES string of the molecule is CC(C)c1cc(C(N)=NO)c(-c2ccccc2)c(-c2ccc(O)cc2)c1. The second kappa shape index (κ2) is 7.31. The molecule has 0 heterocycles. The Kier molecular flexibility index (Phi) is 4.94. The van der Waals surface area contributed by atoms with Gasteiger partial charge in [-0.15, -0.1) is 0 Å². The van der Waals surface area contributed by atoms with E-state index in [0.717, 1.165) is 27.8 Å². The fourth-order valence-corrected chi connectivity index (χ4v) is 3.04. The molecule has 0 aliphatic carbocycles. The lowest BCUT2D eigenvalue weighted by atomic mass is 9.86. The molecule has 132 valence electrons. The fraction of sp³-hybridized carbons (Fsp3) is 0.136. The number of oxime groups is 1. The molecule has 3 rings (SSSR count). The maximum atomic E-state index is 9.64. The summed E-state index contributed by atoms with van der Waals surface area (Å²) in [7, 11) is 0. The van der Waals surface area contributed by atoms with Crippen molar-refractivity contribution in [3.8, 4) is 28.0 Å². The van der Waals surface area contributed by atoms with E-state index < -0.39 is 0 Å². The summed E-state index contributed by atoms with van der Waals surface area (Å²) in [4.78, 5) is 0. The Morgan fingerprint density at radius 2 is 1.58 bits per heavy atom. The van der Waals surface area contributed by atoms with Crippen LogP contribution < -0.4 is 5.73 Å². The quantitative estimate of drug-likeness (QED) is 0.271. The van der Waals surface area contributed by atoms with E-state index in [9.17, 15) is 10.3 Å². The van der Waals surface area contributed by atoms with Crippen LogP contribution in [-0.2, 0) is 0 Å². The number of hydrogen-bond acceptors (Lipinski definition) is 3. The third-order valence-corrected chi connectivity index (χ3v) is 4.45. The van der Waals surface area contributed by atoms with E-state index in [0.29, 0.717) is 5.56 Å². The van der Waals surface area contributed by atoms with Crippen LogP contribution in [0.4, 0.5) is 0 Å². The third-order valence-electron chi connectivity index (χ3n) is 4.45. The third kappa shape index (κ3) is 3.40. The van der Waals surface area contributed by atoms with Crippen molar-refractivity contribution in [3.05, 3.63) is 77.9 Å². The molecule has 0 spiro atoms. The maximum absolute atomic E-state index is 9.64. The molecule has 4 nitrogen and oxygen atoms in total. The van der Waals surface area contributed by atoms with Gasteiger partial charge in [0.25, 0.3) is 0 Å². The molecule has 0 radical (unpaired) electrons. The first kappa shape index (κ1) is 17.5. The second-order valence-electron chi connectivity index (χ2n) is 6.54. The molecule has 3 aromatic carbocycles. The Morgan fingerprint density at radius 1 is 0.923 bits per heavy atom. The first-order valence-corrected chi connectivity index (χ1v) is 8.52. The lowest BCUT2D eigenvalue weighted by molar-refractivity contribution is 0.318. The predicted octanol–water partition coefficient (Wildman–Crippen LogP) is 4.94. The normalized spacial score (nSPS) is 11.7. The van der Waals surface area contributed by atoms with Crippen molar-refractivity contribution in [3.63, 3.8) is 0 Å². The second-order valence-corrected chi connectivity index (χ2v) is 6.54. The molecule has 0 fully saturated rings. The molecule has 4 heteroatoms. The number of phenolic OH excluding ortho intramolecular Hbond substituents is 1. The molecule has 0 aliphatic rings. The van der Waals surface area contributed by atoms with Crippen LogP contribution in [0.1, 0.15) is 30.9 Å². The minimum absolute atomic E-state index is 0.0754. The monoisotopic (exact) mass is 346 g/mol. The molecule has 0 bridgehead atoms. The highest BCUT2D eigenvalue weighted by molar-refractivity contribution is 6.07. The van der Waals surface area contributed by atoms with E-state index in [4.69, 9.17) is 5.73 Å². The molecular formula is C22H22N2O2. The largest absolute Gasteiger partial charge is 0.508 e. The maximum Gasteiger partial charge on any atom is 0.170 e. The van der Waals surface area contributed by atoms with Crippen LogP contribution in [0.3, 0.4) is 0 Å². The van der Waals surface area contributed by atoms with Gasteiger partial charge in [-0.2, -0.15) is 0 Å². The molecule has 0 aliphatic heterocycles. The summed E-state index contributed by atoms with van der Waals surface area (Å²) in [6.07, 6.45) is 0. The standard InChI is InChI=1S/C22H22N2O2/c1-14(2)17-12-19(15-8-10-18(25)11-9-15)21(16-6-4-3-5-7-16)20(13-17)22(23)24-26/h3-14,25-26H,1-2H3,(H2,23,24). The van der Waals surface area contributed by atoms with Gasteiger partial charge in [-0.25, -0.2) is 0 Å². The smallest absolute Gasteiger partial charge is 0.170 e. The number of nitrogens with zero attached hydrogens (tertiary/aromatic N) is 1. The summed E-state index contributed by atoms with van der Waals surface area (Å²) in [5, 5.41) is 22.2. The van der Waals surface area contributed by atoms with E-state index in [1.54, 1.807) is 12.1 Å². The van der Waals surface area contributed by atoms with E-state index in [-0.39, 0.29) is 17.5 Å². The van der Waals surface area contributed by atoms with Gasteiger partial charge in [0.1, 0.15) is 5.75 Å². The van der Waals surface area contributed by atoms with Gasteiger partial charge in [0.15, 0.2) is 5.84 Å². The molecular weight excluding hydrogens is 324 g/mol. The predicted molar refractivity (Wildman–Crippen MR) is 106 cm³/mol. The highest BCUT2D eigenvalue weighted by Crippen LogP contribution is 2.38. The molecule has 3 aromatic rings. The number of hydrogen-bond donors (Lipinski definition) is 3. The first-order chi connectivity index (χ1) is 12.5. The van der Waals surface area contributed by atoms with E-state index >= 15 is 0 Å². The number of benzene rings is 3. The highest BCUT2D eigenvalue weighted by atomic mass is 16.4. The van der Waals surface area contributed by atoms with Crippen LogP contribution in [0.15, 0.2) is 71.9 Å². The number of nitrogens with two attached hydrogens (primary N) is 1. The molecule has 0 aromatic heterocycles. The van der Waals surface area contributed by atoms with Crippen LogP contribution in [0.2, 0.25) is 0 Å². The molecule has 0 saturated heterocycles. The minimum Gasteiger partial charge on any atom is -0.508 e. The summed E-state index contributed by atoms with van der Waals surface area (Å²) in [6.45, 7) is 4.21. The minimum atomic E-state index is 0.0754. The number of phenols is 1. The molecule has 4 N–H and O–H groups in total. The summed E-state index contributed by atoms with van der Waals surface area (Å²) >= 11 is 0. The lowest BCUT2D eigenvalue weighted by Gasteiger charge is -2.19. The van der Waals surface area contributed by atoms with Gasteiger partial charge in [0, 0.05) is 11.1 Å². The van der Waals surface area contributed by atoms with Gasteiger partial charge in [0.05, 0.1) is 0 Å². The van der Waals surface area contributed by atoms with Crippen molar-refractivity contribution in [2.45, 2.75) is 19.8 Å². The van der Waals surface area contributed by atoms with Crippen molar-refractivity contribution < 1.29 is 10.3 Å². The van der Waals surface area contributed by atoms with Crippen molar-refractivity contribution in [2.75, 3.05) is 0 Å². The molecule has 0 amide bonds. The van der Waals surface area contributed by atoms with Crippen LogP contribution >= 0.6 is 0 Å². The van der Waals surface area contributed by atoms with Crippen molar-refractivity contribution >= 4 is 5.84 Å². The van der Waals surface area contributed by atoms with E-state index in [2.05, 4.69) is 25.1 Å². The lowest BCUT2D eigenvalue weighted by Crippen LogP contribution is -2.15. The fourth-order valence-electron chi connectivity index (χ4n) is 3.04. The average molecular weight is 346 g/mol.